The van der Waals surface area contributed by atoms with Gasteiger partial charge in [-0.3, -0.25) is 0 Å². The molecule has 0 aliphatic carbocycles. The van der Waals surface area contributed by atoms with Gasteiger partial charge in [0, 0.05) is 31.0 Å². The Hall–Kier alpha value is -2.35. The molecule has 2 aromatic carbocycles. The number of nitrogens with one attached hydrogen (secondary N) is 2. The average Bonchev–Trinajstić information content (AvgIpc) is 2.55. The van der Waals surface area contributed by atoms with Gasteiger partial charge in [0.05, 0.1) is 16.6 Å². The van der Waals surface area contributed by atoms with Crippen LogP contribution in [0.15, 0.2) is 42.5 Å². The monoisotopic (exact) mass is 361 g/mol. The highest BCUT2D eigenvalue weighted by atomic mass is 35.5. The van der Waals surface area contributed by atoms with Crippen molar-refractivity contribution in [2.75, 3.05) is 30.9 Å². The van der Waals surface area contributed by atoms with E-state index in [1.807, 2.05) is 43.3 Å². The summed E-state index contributed by atoms with van der Waals surface area (Å²) < 4.78 is 0. The van der Waals surface area contributed by atoms with Gasteiger partial charge in [0.1, 0.15) is 0 Å². The van der Waals surface area contributed by atoms with Crippen molar-refractivity contribution in [2.45, 2.75) is 0 Å². The van der Waals surface area contributed by atoms with Gasteiger partial charge in [-0.05, 0) is 42.5 Å². The maximum Gasteiger partial charge on any atom is 0.319 e. The minimum atomic E-state index is -0.356. The third-order valence-electron chi connectivity index (χ3n) is 3.13. The van der Waals surface area contributed by atoms with Crippen molar-refractivity contribution in [3.8, 4) is 11.8 Å². The number of amides is 2. The number of carbonyl (C=O) groups excluding carboxylic acids is 1. The van der Waals surface area contributed by atoms with E-state index < -0.39 is 0 Å². The van der Waals surface area contributed by atoms with Gasteiger partial charge in [0.15, 0.2) is 0 Å². The Labute approximate surface area is 151 Å². The number of anilines is 2. The normalized spacial score (nSPS) is 9.67. The highest BCUT2D eigenvalue weighted by Crippen LogP contribution is 2.24. The molecule has 2 N–H and O–H groups in total. The van der Waals surface area contributed by atoms with Gasteiger partial charge in [0.25, 0.3) is 0 Å². The number of rotatable bonds is 3. The molecule has 0 saturated carbocycles. The topological polar surface area (TPSA) is 44.4 Å². The molecular weight excluding hydrogens is 345 g/mol. The van der Waals surface area contributed by atoms with E-state index in [4.69, 9.17) is 23.2 Å². The number of nitrogens with zero attached hydrogens (tertiary/aromatic N) is 1. The maximum atomic E-state index is 11.8. The lowest BCUT2D eigenvalue weighted by molar-refractivity contribution is 0.253. The SMILES string of the molecule is CN(C)c1ccc(C#CCNC(=O)Nc2ccc(Cl)c(Cl)c2)cc1. The summed E-state index contributed by atoms with van der Waals surface area (Å²) in [5, 5.41) is 6.14. The molecule has 0 atom stereocenters. The van der Waals surface area contributed by atoms with Crippen molar-refractivity contribution in [2.24, 2.45) is 0 Å². The number of hydrogen-bond acceptors (Lipinski definition) is 2. The number of halogens is 2. The Morgan fingerprint density at radius 3 is 2.42 bits per heavy atom. The summed E-state index contributed by atoms with van der Waals surface area (Å²) in [6, 6.07) is 12.4. The summed E-state index contributed by atoms with van der Waals surface area (Å²) in [6.45, 7) is 0.239. The van der Waals surface area contributed by atoms with Crippen LogP contribution in [0.5, 0.6) is 0 Å². The molecule has 0 aliphatic heterocycles. The van der Waals surface area contributed by atoms with Crippen molar-refractivity contribution in [1.29, 1.82) is 0 Å². The van der Waals surface area contributed by atoms with Crippen LogP contribution in [-0.4, -0.2) is 26.7 Å². The molecule has 24 heavy (non-hydrogen) atoms. The zero-order valence-electron chi connectivity index (χ0n) is 13.4. The molecule has 0 saturated heterocycles. The predicted molar refractivity (Wildman–Crippen MR) is 101 cm³/mol. The van der Waals surface area contributed by atoms with E-state index in [2.05, 4.69) is 22.5 Å². The van der Waals surface area contributed by atoms with Gasteiger partial charge < -0.3 is 15.5 Å². The van der Waals surface area contributed by atoms with Crippen molar-refractivity contribution in [1.82, 2.24) is 5.32 Å². The van der Waals surface area contributed by atoms with Gasteiger partial charge in [0.2, 0.25) is 0 Å². The van der Waals surface area contributed by atoms with E-state index in [1.54, 1.807) is 18.2 Å². The van der Waals surface area contributed by atoms with E-state index in [1.165, 1.54) is 0 Å². The van der Waals surface area contributed by atoms with Crippen molar-refractivity contribution in [3.05, 3.63) is 58.1 Å². The largest absolute Gasteiger partial charge is 0.378 e. The zero-order chi connectivity index (χ0) is 17.5. The molecule has 0 unspecified atom stereocenters. The highest BCUT2D eigenvalue weighted by Gasteiger charge is 2.03. The van der Waals surface area contributed by atoms with Crippen LogP contribution >= 0.6 is 23.2 Å². The van der Waals surface area contributed by atoms with E-state index in [-0.39, 0.29) is 12.6 Å². The Bertz CT molecular complexity index is 777. The number of benzene rings is 2. The average molecular weight is 362 g/mol. The first-order valence-corrected chi connectivity index (χ1v) is 7.97. The summed E-state index contributed by atoms with van der Waals surface area (Å²) in [4.78, 5) is 13.8. The molecule has 0 bridgehead atoms. The number of urea groups is 1. The first kappa shape index (κ1) is 18.0. The van der Waals surface area contributed by atoms with Crippen LogP contribution in [0.3, 0.4) is 0 Å². The van der Waals surface area contributed by atoms with E-state index in [9.17, 15) is 4.79 Å². The van der Waals surface area contributed by atoms with Crippen LogP contribution < -0.4 is 15.5 Å². The Morgan fingerprint density at radius 1 is 1.08 bits per heavy atom. The van der Waals surface area contributed by atoms with Gasteiger partial charge in [-0.25, -0.2) is 4.79 Å². The molecule has 6 heteroatoms. The highest BCUT2D eigenvalue weighted by molar-refractivity contribution is 6.42. The Kier molecular flexibility index (Phi) is 6.36. The smallest absolute Gasteiger partial charge is 0.319 e. The van der Waals surface area contributed by atoms with Crippen LogP contribution in [0, 0.1) is 11.8 Å². The van der Waals surface area contributed by atoms with Crippen LogP contribution in [0.2, 0.25) is 10.0 Å². The molecule has 0 aliphatic rings. The minimum absolute atomic E-state index is 0.239. The lowest BCUT2D eigenvalue weighted by atomic mass is 10.2. The molecule has 4 nitrogen and oxygen atoms in total. The summed E-state index contributed by atoms with van der Waals surface area (Å²) in [6.07, 6.45) is 0. The predicted octanol–water partition coefficient (Wildman–Crippen LogP) is 4.23. The lowest BCUT2D eigenvalue weighted by Crippen LogP contribution is -2.28. The summed E-state index contributed by atoms with van der Waals surface area (Å²) in [7, 11) is 3.97. The summed E-state index contributed by atoms with van der Waals surface area (Å²) in [5.41, 5.74) is 2.57. The van der Waals surface area contributed by atoms with E-state index in [0.717, 1.165) is 11.3 Å². The van der Waals surface area contributed by atoms with Crippen molar-refractivity contribution < 1.29 is 4.79 Å². The Balaban J connectivity index is 1.83. The number of hydrogen-bond donors (Lipinski definition) is 2. The fourth-order valence-corrected chi connectivity index (χ4v) is 2.16. The third kappa shape index (κ3) is 5.38. The lowest BCUT2D eigenvalue weighted by Gasteiger charge is -2.11. The molecule has 0 spiro atoms. The maximum absolute atomic E-state index is 11.8. The van der Waals surface area contributed by atoms with Gasteiger partial charge in [-0.2, -0.15) is 0 Å². The molecule has 0 fully saturated rings. The quantitative estimate of drug-likeness (QED) is 0.803. The van der Waals surface area contributed by atoms with Crippen LogP contribution in [0.25, 0.3) is 0 Å². The molecule has 2 amide bonds. The molecule has 124 valence electrons. The van der Waals surface area contributed by atoms with Gasteiger partial charge >= 0.3 is 6.03 Å². The molecule has 2 aromatic rings. The van der Waals surface area contributed by atoms with Crippen LogP contribution in [0.1, 0.15) is 5.56 Å². The second-order valence-corrected chi connectivity index (χ2v) is 5.99. The second-order valence-electron chi connectivity index (χ2n) is 5.18. The van der Waals surface area contributed by atoms with E-state index >= 15 is 0 Å². The fraction of sp³-hybridized carbons (Fsp3) is 0.167. The molecule has 0 radical (unpaired) electrons. The van der Waals surface area contributed by atoms with Gasteiger partial charge in [-0.15, -0.1) is 0 Å². The zero-order valence-corrected chi connectivity index (χ0v) is 14.9. The van der Waals surface area contributed by atoms with E-state index in [0.29, 0.717) is 15.7 Å². The standard InChI is InChI=1S/C18H17Cl2N3O/c1-23(2)15-8-5-13(6-9-15)4-3-11-21-18(24)22-14-7-10-16(19)17(20)12-14/h5-10,12H,11H2,1-2H3,(H2,21,22,24). The first-order valence-electron chi connectivity index (χ1n) is 7.22. The van der Waals surface area contributed by atoms with Crippen molar-refractivity contribution in [3.63, 3.8) is 0 Å². The van der Waals surface area contributed by atoms with Crippen LogP contribution in [-0.2, 0) is 0 Å². The van der Waals surface area contributed by atoms with Crippen molar-refractivity contribution >= 4 is 40.6 Å². The molecule has 2 rings (SSSR count). The second kappa shape index (κ2) is 8.49. The molecular formula is C18H17Cl2N3O. The third-order valence-corrected chi connectivity index (χ3v) is 3.87. The summed E-state index contributed by atoms with van der Waals surface area (Å²) in [5.74, 6) is 5.90. The Morgan fingerprint density at radius 2 is 1.79 bits per heavy atom. The molecule has 0 heterocycles. The fourth-order valence-electron chi connectivity index (χ4n) is 1.86. The first-order chi connectivity index (χ1) is 11.5. The number of carbonyl (C=O) groups is 1. The summed E-state index contributed by atoms with van der Waals surface area (Å²) >= 11 is 11.7. The minimum Gasteiger partial charge on any atom is -0.378 e. The van der Waals surface area contributed by atoms with Gasteiger partial charge in [-0.1, -0.05) is 35.0 Å². The van der Waals surface area contributed by atoms with Crippen LogP contribution in [0.4, 0.5) is 16.2 Å². The molecule has 0 aromatic heterocycles.